The van der Waals surface area contributed by atoms with Crippen molar-refractivity contribution in [3.05, 3.63) is 58.1 Å². The summed E-state index contributed by atoms with van der Waals surface area (Å²) < 4.78 is 6.90. The molecule has 0 amide bonds. The van der Waals surface area contributed by atoms with Crippen LogP contribution in [0, 0.1) is 0 Å². The van der Waals surface area contributed by atoms with E-state index >= 15 is 0 Å². The first-order chi connectivity index (χ1) is 15.0. The van der Waals surface area contributed by atoms with Crippen LogP contribution in [-0.4, -0.2) is 60.4 Å². The lowest BCUT2D eigenvalue weighted by Crippen LogP contribution is -2.46. The Morgan fingerprint density at radius 1 is 1.23 bits per heavy atom. The highest BCUT2D eigenvalue weighted by Gasteiger charge is 2.25. The fourth-order valence-electron chi connectivity index (χ4n) is 3.95. The smallest absolute Gasteiger partial charge is 0.186 e. The molecule has 0 aliphatic carbocycles. The Kier molecular flexibility index (Phi) is 7.69. The van der Waals surface area contributed by atoms with E-state index in [1.54, 1.807) is 23.5 Å². The van der Waals surface area contributed by atoms with E-state index < -0.39 is 6.10 Å². The van der Waals surface area contributed by atoms with Crippen LogP contribution < -0.4 is 4.90 Å². The minimum atomic E-state index is -0.524. The quantitative estimate of drug-likeness (QED) is 0.487. The number of halogens is 2. The summed E-state index contributed by atoms with van der Waals surface area (Å²) in [4.78, 5) is 9.41. The second-order valence-electron chi connectivity index (χ2n) is 8.01. The minimum absolute atomic E-state index is 0.282. The van der Waals surface area contributed by atoms with E-state index in [0.29, 0.717) is 29.2 Å². The van der Waals surface area contributed by atoms with Gasteiger partial charge < -0.3 is 19.6 Å². The number of β-amino-alcohol motifs (C(OH)–C–C–N with tert-alkyl or cyclic N) is 1. The van der Waals surface area contributed by atoms with E-state index in [2.05, 4.69) is 35.0 Å². The molecule has 1 aliphatic rings. The molecule has 1 fully saturated rings. The highest BCUT2D eigenvalue weighted by Crippen LogP contribution is 2.31. The van der Waals surface area contributed by atoms with Crippen molar-refractivity contribution in [3.8, 4) is 0 Å². The molecule has 31 heavy (non-hydrogen) atoms. The Morgan fingerprint density at radius 3 is 2.74 bits per heavy atom. The van der Waals surface area contributed by atoms with Gasteiger partial charge in [0.25, 0.3) is 0 Å². The first-order valence-electron chi connectivity index (χ1n) is 10.5. The van der Waals surface area contributed by atoms with E-state index in [-0.39, 0.29) is 6.61 Å². The Bertz CT molecular complexity index is 974. The molecule has 1 unspecified atom stereocenters. The highest BCUT2D eigenvalue weighted by molar-refractivity contribution is 7.22. The number of fused-ring (bicyclic) bond motifs is 1. The third-order valence-electron chi connectivity index (χ3n) is 5.74. The summed E-state index contributed by atoms with van der Waals surface area (Å²) in [5.74, 6) is 0. The number of aliphatic hydroxyl groups is 1. The van der Waals surface area contributed by atoms with Gasteiger partial charge >= 0.3 is 0 Å². The van der Waals surface area contributed by atoms with E-state index in [0.717, 1.165) is 42.1 Å². The van der Waals surface area contributed by atoms with Crippen molar-refractivity contribution >= 4 is 49.9 Å². The molecule has 4 rings (SSSR count). The lowest BCUT2D eigenvalue weighted by Gasteiger charge is -2.37. The van der Waals surface area contributed by atoms with Crippen LogP contribution in [0.15, 0.2) is 42.5 Å². The molecule has 2 aromatic carbocycles. The molecule has 0 spiro atoms. The number of anilines is 1. The van der Waals surface area contributed by atoms with Crippen LogP contribution in [0.4, 0.5) is 5.13 Å². The third-order valence-corrected chi connectivity index (χ3v) is 7.45. The Hall–Kier alpha value is -1.41. The van der Waals surface area contributed by atoms with Crippen molar-refractivity contribution in [2.45, 2.75) is 31.6 Å². The highest BCUT2D eigenvalue weighted by atomic mass is 35.5. The van der Waals surface area contributed by atoms with Crippen LogP contribution in [0.5, 0.6) is 0 Å². The van der Waals surface area contributed by atoms with Crippen LogP contribution in [0.1, 0.15) is 18.4 Å². The lowest BCUT2D eigenvalue weighted by atomic mass is 10.0. The molecule has 1 N–H and O–H groups in total. The van der Waals surface area contributed by atoms with Crippen molar-refractivity contribution in [2.75, 3.05) is 38.2 Å². The number of rotatable bonds is 8. The van der Waals surface area contributed by atoms with Gasteiger partial charge in [-0.05, 0) is 42.7 Å². The topological polar surface area (TPSA) is 48.8 Å². The summed E-state index contributed by atoms with van der Waals surface area (Å²) in [6.07, 6.45) is 1.59. The van der Waals surface area contributed by atoms with Gasteiger partial charge in [-0.15, -0.1) is 0 Å². The van der Waals surface area contributed by atoms with Gasteiger partial charge in [0.15, 0.2) is 5.13 Å². The van der Waals surface area contributed by atoms with Crippen LogP contribution in [-0.2, 0) is 11.3 Å². The average Bonchev–Trinajstić information content (AvgIpc) is 3.20. The number of aromatic nitrogens is 1. The Morgan fingerprint density at radius 2 is 2.00 bits per heavy atom. The zero-order valence-corrected chi connectivity index (χ0v) is 19.8. The number of ether oxygens (including phenoxy) is 1. The summed E-state index contributed by atoms with van der Waals surface area (Å²) in [6, 6.07) is 14.1. The van der Waals surface area contributed by atoms with Gasteiger partial charge in [-0.2, -0.15) is 0 Å². The summed E-state index contributed by atoms with van der Waals surface area (Å²) in [5.41, 5.74) is 1.94. The van der Waals surface area contributed by atoms with Gasteiger partial charge in [-0.1, -0.05) is 52.7 Å². The molecular weight excluding hydrogens is 453 g/mol. The van der Waals surface area contributed by atoms with Crippen molar-refractivity contribution in [3.63, 3.8) is 0 Å². The number of nitrogens with zero attached hydrogens (tertiary/aromatic N) is 3. The average molecular weight is 480 g/mol. The van der Waals surface area contributed by atoms with Crippen molar-refractivity contribution in [1.29, 1.82) is 0 Å². The van der Waals surface area contributed by atoms with Crippen molar-refractivity contribution in [2.24, 2.45) is 0 Å². The van der Waals surface area contributed by atoms with Gasteiger partial charge in [-0.25, -0.2) is 4.98 Å². The van der Waals surface area contributed by atoms with Crippen LogP contribution in [0.2, 0.25) is 10.0 Å². The Labute approximate surface area is 197 Å². The number of para-hydroxylation sites is 1. The van der Waals surface area contributed by atoms with E-state index in [1.807, 2.05) is 12.1 Å². The number of piperidine rings is 1. The molecule has 1 atom stereocenters. The SMILES string of the molecule is CN(c1nc2ccccc2s1)C1CCN(CC(O)COCc2ccc(Cl)cc2Cl)CC1. The lowest BCUT2D eigenvalue weighted by molar-refractivity contribution is 0.00630. The van der Waals surface area contributed by atoms with Crippen molar-refractivity contribution in [1.82, 2.24) is 9.88 Å². The van der Waals surface area contributed by atoms with E-state index in [4.69, 9.17) is 32.9 Å². The predicted octanol–water partition coefficient (Wildman–Crippen LogP) is 5.08. The molecule has 0 radical (unpaired) electrons. The molecular formula is C23H27Cl2N3O2S. The molecule has 0 bridgehead atoms. The largest absolute Gasteiger partial charge is 0.389 e. The molecule has 8 heteroatoms. The fraction of sp³-hybridized carbons (Fsp3) is 0.435. The molecule has 5 nitrogen and oxygen atoms in total. The second kappa shape index (κ2) is 10.5. The predicted molar refractivity (Wildman–Crippen MR) is 130 cm³/mol. The molecule has 2 heterocycles. The Balaban J connectivity index is 1.20. The maximum atomic E-state index is 10.4. The molecule has 0 saturated carbocycles. The maximum absolute atomic E-state index is 10.4. The molecule has 3 aromatic rings. The van der Waals surface area contributed by atoms with Crippen molar-refractivity contribution < 1.29 is 9.84 Å². The molecule has 166 valence electrons. The summed E-state index contributed by atoms with van der Waals surface area (Å²) in [7, 11) is 2.14. The first-order valence-corrected chi connectivity index (χ1v) is 12.1. The number of likely N-dealkylation sites (tertiary alicyclic amines) is 1. The summed E-state index contributed by atoms with van der Waals surface area (Å²) in [6.45, 7) is 3.18. The normalized spacial score (nSPS) is 16.6. The molecule has 1 aromatic heterocycles. The minimum Gasteiger partial charge on any atom is -0.389 e. The maximum Gasteiger partial charge on any atom is 0.186 e. The van der Waals surface area contributed by atoms with Gasteiger partial charge in [0.2, 0.25) is 0 Å². The zero-order chi connectivity index (χ0) is 21.8. The van der Waals surface area contributed by atoms with Crippen LogP contribution >= 0.6 is 34.5 Å². The third kappa shape index (κ3) is 5.89. The van der Waals surface area contributed by atoms with Gasteiger partial charge in [-0.3, -0.25) is 0 Å². The van der Waals surface area contributed by atoms with Crippen LogP contribution in [0.25, 0.3) is 10.2 Å². The summed E-state index contributed by atoms with van der Waals surface area (Å²) in [5, 5.41) is 12.7. The molecule has 1 saturated heterocycles. The standard InChI is InChI=1S/C23H27Cl2N3O2S/c1-27(23-26-21-4-2-3-5-22(21)31-23)18-8-10-28(11-9-18)13-19(29)15-30-14-16-6-7-17(24)12-20(16)25/h2-7,12,18-19,29H,8-11,13-15H2,1H3. The van der Waals surface area contributed by atoms with Gasteiger partial charge in [0.1, 0.15) is 0 Å². The van der Waals surface area contributed by atoms with E-state index in [1.165, 1.54) is 4.70 Å². The van der Waals surface area contributed by atoms with Gasteiger partial charge in [0, 0.05) is 42.8 Å². The zero-order valence-electron chi connectivity index (χ0n) is 17.5. The number of benzene rings is 2. The van der Waals surface area contributed by atoms with Crippen LogP contribution in [0.3, 0.4) is 0 Å². The number of hydrogen-bond acceptors (Lipinski definition) is 6. The first kappa shape index (κ1) is 22.8. The molecule has 1 aliphatic heterocycles. The summed E-state index contributed by atoms with van der Waals surface area (Å²) >= 11 is 13.8. The second-order valence-corrected chi connectivity index (χ2v) is 9.86. The number of aliphatic hydroxyl groups excluding tert-OH is 1. The number of hydrogen-bond donors (Lipinski definition) is 1. The number of thiazole rings is 1. The monoisotopic (exact) mass is 479 g/mol. The van der Waals surface area contributed by atoms with Gasteiger partial charge in [0.05, 0.1) is 29.5 Å². The fourth-order valence-corrected chi connectivity index (χ4v) is 5.41. The van der Waals surface area contributed by atoms with E-state index in [9.17, 15) is 5.11 Å².